The molecule has 1 aromatic heterocycles. The highest BCUT2D eigenvalue weighted by molar-refractivity contribution is 6.07. The maximum atomic E-state index is 12.5. The van der Waals surface area contributed by atoms with Crippen molar-refractivity contribution in [2.24, 2.45) is 0 Å². The molecule has 0 aliphatic carbocycles. The first kappa shape index (κ1) is 21.2. The predicted octanol–water partition coefficient (Wildman–Crippen LogP) is 3.83. The zero-order chi connectivity index (χ0) is 16.4. The van der Waals surface area contributed by atoms with Crippen molar-refractivity contribution < 1.29 is 4.79 Å². The van der Waals surface area contributed by atoms with E-state index >= 15 is 0 Å². The van der Waals surface area contributed by atoms with E-state index in [0.29, 0.717) is 12.1 Å². The van der Waals surface area contributed by atoms with Crippen LogP contribution in [-0.4, -0.2) is 43.0 Å². The molecule has 0 saturated heterocycles. The highest BCUT2D eigenvalue weighted by atomic mass is 35.5. The van der Waals surface area contributed by atoms with Crippen LogP contribution in [0.15, 0.2) is 42.5 Å². The third-order valence-corrected chi connectivity index (χ3v) is 3.89. The molecule has 1 heterocycles. The Hall–Kier alpha value is -1.88. The van der Waals surface area contributed by atoms with Crippen LogP contribution in [0.25, 0.3) is 21.8 Å². The molecule has 0 saturated carbocycles. The van der Waals surface area contributed by atoms with Crippen molar-refractivity contribution in [1.29, 1.82) is 0 Å². The van der Waals surface area contributed by atoms with E-state index in [9.17, 15) is 4.79 Å². The van der Waals surface area contributed by atoms with Gasteiger partial charge in [-0.05, 0) is 44.8 Å². The first-order chi connectivity index (χ1) is 11.0. The first-order valence-electron chi connectivity index (χ1n) is 7.77. The minimum Gasteiger partial charge on any atom is -0.351 e. The molecule has 0 aliphatic rings. The van der Waals surface area contributed by atoms with E-state index < -0.39 is 0 Å². The quantitative estimate of drug-likeness (QED) is 0.700. The summed E-state index contributed by atoms with van der Waals surface area (Å²) in [5.41, 5.74) is 3.47. The summed E-state index contributed by atoms with van der Waals surface area (Å²) in [5.74, 6) is -0.0723. The highest BCUT2D eigenvalue weighted by Gasteiger charge is 2.11. The number of likely N-dealkylation sites (N-methyl/N-ethyl adjacent to an activating group) is 1. The normalized spacial score (nSPS) is 10.4. The number of halogens is 2. The molecule has 0 atom stereocenters. The molecule has 4 nitrogen and oxygen atoms in total. The van der Waals surface area contributed by atoms with Gasteiger partial charge in [0.05, 0.1) is 16.6 Å². The fourth-order valence-corrected chi connectivity index (χ4v) is 2.63. The third kappa shape index (κ3) is 4.82. The molecule has 0 aliphatic heterocycles. The fraction of sp³-hybridized carbons (Fsp3) is 0.263. The summed E-state index contributed by atoms with van der Waals surface area (Å²) in [6, 6.07) is 14.0. The standard InChI is InChI=1S/C19H21N3O.2ClH/c1-13-7-8-14-12-15-5-4-6-16(18(15)21-17(14)11-13)19(23)20-9-10-22(2)3;;/h4-8,11-12H,9-10H2,1-3H3,(H,20,23);2*1H. The summed E-state index contributed by atoms with van der Waals surface area (Å²) in [6.45, 7) is 3.48. The van der Waals surface area contributed by atoms with E-state index in [4.69, 9.17) is 4.98 Å². The Morgan fingerprint density at radius 2 is 1.84 bits per heavy atom. The van der Waals surface area contributed by atoms with Crippen molar-refractivity contribution in [2.75, 3.05) is 27.2 Å². The number of hydrogen-bond acceptors (Lipinski definition) is 3. The molecular formula is C19H23Cl2N3O. The molecule has 134 valence electrons. The van der Waals surface area contributed by atoms with Gasteiger partial charge in [-0.1, -0.05) is 24.3 Å². The van der Waals surface area contributed by atoms with Crippen LogP contribution >= 0.6 is 24.8 Å². The van der Waals surface area contributed by atoms with Gasteiger partial charge in [0.15, 0.2) is 0 Å². The smallest absolute Gasteiger partial charge is 0.253 e. The van der Waals surface area contributed by atoms with Crippen molar-refractivity contribution in [1.82, 2.24) is 15.2 Å². The van der Waals surface area contributed by atoms with E-state index in [1.54, 1.807) is 0 Å². The van der Waals surface area contributed by atoms with Crippen LogP contribution in [0.2, 0.25) is 0 Å². The summed E-state index contributed by atoms with van der Waals surface area (Å²) < 4.78 is 0. The second-order valence-electron chi connectivity index (χ2n) is 6.12. The van der Waals surface area contributed by atoms with Crippen LogP contribution in [0.5, 0.6) is 0 Å². The predicted molar refractivity (Wildman–Crippen MR) is 109 cm³/mol. The van der Waals surface area contributed by atoms with Crippen LogP contribution in [-0.2, 0) is 0 Å². The molecule has 1 N–H and O–H groups in total. The van der Waals surface area contributed by atoms with Crippen LogP contribution in [0.3, 0.4) is 0 Å². The van der Waals surface area contributed by atoms with Crippen LogP contribution in [0.4, 0.5) is 0 Å². The molecule has 0 unspecified atom stereocenters. The number of carbonyl (C=O) groups is 1. The largest absolute Gasteiger partial charge is 0.351 e. The first-order valence-corrected chi connectivity index (χ1v) is 7.77. The van der Waals surface area contributed by atoms with Crippen molar-refractivity contribution in [3.8, 4) is 0 Å². The molecule has 2 aromatic carbocycles. The van der Waals surface area contributed by atoms with Gasteiger partial charge in [0, 0.05) is 23.9 Å². The van der Waals surface area contributed by atoms with Crippen molar-refractivity contribution in [3.63, 3.8) is 0 Å². The topological polar surface area (TPSA) is 45.2 Å². The number of para-hydroxylation sites is 1. The summed E-state index contributed by atoms with van der Waals surface area (Å²) in [7, 11) is 3.97. The number of nitrogens with zero attached hydrogens (tertiary/aromatic N) is 2. The van der Waals surface area contributed by atoms with Gasteiger partial charge < -0.3 is 10.2 Å². The van der Waals surface area contributed by atoms with E-state index in [1.807, 2.05) is 44.1 Å². The maximum Gasteiger partial charge on any atom is 0.253 e. The monoisotopic (exact) mass is 379 g/mol. The maximum absolute atomic E-state index is 12.5. The molecular weight excluding hydrogens is 357 g/mol. The average molecular weight is 380 g/mol. The number of pyridine rings is 1. The van der Waals surface area contributed by atoms with E-state index in [-0.39, 0.29) is 30.7 Å². The Morgan fingerprint density at radius 1 is 1.08 bits per heavy atom. The molecule has 0 bridgehead atoms. The zero-order valence-electron chi connectivity index (χ0n) is 14.6. The minimum absolute atomic E-state index is 0. The summed E-state index contributed by atoms with van der Waals surface area (Å²) >= 11 is 0. The number of aryl methyl sites for hydroxylation is 1. The van der Waals surface area contributed by atoms with Gasteiger partial charge in [0.2, 0.25) is 0 Å². The zero-order valence-corrected chi connectivity index (χ0v) is 16.2. The third-order valence-electron chi connectivity index (χ3n) is 3.89. The van der Waals surface area contributed by atoms with Gasteiger partial charge in [-0.2, -0.15) is 0 Å². The van der Waals surface area contributed by atoms with Gasteiger partial charge in [0.1, 0.15) is 0 Å². The fourth-order valence-electron chi connectivity index (χ4n) is 2.63. The number of fused-ring (bicyclic) bond motifs is 2. The molecule has 0 spiro atoms. The lowest BCUT2D eigenvalue weighted by molar-refractivity contribution is 0.0952. The summed E-state index contributed by atoms with van der Waals surface area (Å²) in [5, 5.41) is 5.04. The van der Waals surface area contributed by atoms with Crippen LogP contribution in [0.1, 0.15) is 15.9 Å². The van der Waals surface area contributed by atoms with Gasteiger partial charge in [-0.3, -0.25) is 4.79 Å². The highest BCUT2D eigenvalue weighted by Crippen LogP contribution is 2.23. The van der Waals surface area contributed by atoms with Crippen molar-refractivity contribution >= 4 is 52.5 Å². The number of nitrogens with one attached hydrogen (secondary N) is 1. The number of hydrogen-bond donors (Lipinski definition) is 1. The van der Waals surface area contributed by atoms with E-state index in [1.165, 1.54) is 0 Å². The lowest BCUT2D eigenvalue weighted by Crippen LogP contribution is -2.31. The Labute approximate surface area is 160 Å². The summed E-state index contributed by atoms with van der Waals surface area (Å²) in [4.78, 5) is 19.2. The number of amides is 1. The molecule has 0 radical (unpaired) electrons. The minimum atomic E-state index is -0.0723. The number of rotatable bonds is 4. The molecule has 6 heteroatoms. The molecule has 1 amide bonds. The lowest BCUT2D eigenvalue weighted by Gasteiger charge is -2.11. The van der Waals surface area contributed by atoms with Gasteiger partial charge in [-0.15, -0.1) is 24.8 Å². The number of aromatic nitrogens is 1. The van der Waals surface area contributed by atoms with E-state index in [2.05, 4.69) is 29.6 Å². The molecule has 3 aromatic rings. The second kappa shape index (κ2) is 8.99. The second-order valence-corrected chi connectivity index (χ2v) is 6.12. The van der Waals surface area contributed by atoms with Crippen LogP contribution in [0, 0.1) is 6.92 Å². The Morgan fingerprint density at radius 3 is 2.56 bits per heavy atom. The Kier molecular flexibility index (Phi) is 7.61. The average Bonchev–Trinajstić information content (AvgIpc) is 2.51. The van der Waals surface area contributed by atoms with Gasteiger partial charge in [0.25, 0.3) is 5.91 Å². The lowest BCUT2D eigenvalue weighted by atomic mass is 10.1. The van der Waals surface area contributed by atoms with Crippen LogP contribution < -0.4 is 5.32 Å². The van der Waals surface area contributed by atoms with Gasteiger partial charge in [-0.25, -0.2) is 4.98 Å². The van der Waals surface area contributed by atoms with Crippen molar-refractivity contribution in [3.05, 3.63) is 53.6 Å². The molecule has 0 fully saturated rings. The van der Waals surface area contributed by atoms with Gasteiger partial charge >= 0.3 is 0 Å². The molecule has 3 rings (SSSR count). The number of benzene rings is 2. The SMILES string of the molecule is Cc1ccc2cc3cccc(C(=O)NCCN(C)C)c3nc2c1.Cl.Cl. The number of carbonyl (C=O) groups excluding carboxylic acids is 1. The van der Waals surface area contributed by atoms with Crippen molar-refractivity contribution in [2.45, 2.75) is 6.92 Å². The Balaban J connectivity index is 0.00000156. The Bertz CT molecular complexity index is 881. The van der Waals surface area contributed by atoms with E-state index in [0.717, 1.165) is 33.9 Å². The summed E-state index contributed by atoms with van der Waals surface area (Å²) in [6.07, 6.45) is 0. The molecule has 25 heavy (non-hydrogen) atoms.